The van der Waals surface area contributed by atoms with E-state index in [1.807, 2.05) is 0 Å². The predicted molar refractivity (Wildman–Crippen MR) is 87.8 cm³/mol. The van der Waals surface area contributed by atoms with Crippen molar-refractivity contribution in [1.29, 1.82) is 5.26 Å². The normalized spacial score (nSPS) is 38.0. The second kappa shape index (κ2) is 6.72. The number of rotatable bonds is 4. The second-order valence-electron chi connectivity index (χ2n) is 7.92. The molecule has 0 aromatic rings. The molecule has 3 aliphatic rings. The number of carbonyl (C=O) groups excluding carboxylic acids is 2. The number of carbonyl (C=O) groups is 2. The molecule has 1 unspecified atom stereocenters. The van der Waals surface area contributed by atoms with Crippen molar-refractivity contribution in [3.05, 3.63) is 0 Å². The molecule has 0 aromatic carbocycles. The maximum absolute atomic E-state index is 12.4. The summed E-state index contributed by atoms with van der Waals surface area (Å²) >= 11 is 0. The van der Waals surface area contributed by atoms with Crippen LogP contribution in [-0.4, -0.2) is 47.6 Å². The van der Waals surface area contributed by atoms with Crippen LogP contribution in [0, 0.1) is 23.2 Å². The maximum Gasteiger partial charge on any atom is 0.302 e. The van der Waals surface area contributed by atoms with E-state index in [-0.39, 0.29) is 29.6 Å². The molecule has 2 saturated carbocycles. The fourth-order valence-electron chi connectivity index (χ4n) is 4.96. The van der Waals surface area contributed by atoms with E-state index in [2.05, 4.69) is 18.3 Å². The number of amides is 1. The van der Waals surface area contributed by atoms with Gasteiger partial charge in [0, 0.05) is 19.0 Å². The molecule has 0 aromatic heterocycles. The molecule has 5 atom stereocenters. The van der Waals surface area contributed by atoms with E-state index >= 15 is 0 Å². The van der Waals surface area contributed by atoms with Crippen LogP contribution in [0.5, 0.6) is 0 Å². The third kappa shape index (κ3) is 3.56. The zero-order valence-electron chi connectivity index (χ0n) is 14.6. The Morgan fingerprint density at radius 1 is 1.33 bits per heavy atom. The lowest BCUT2D eigenvalue weighted by Crippen LogP contribution is -2.48. The lowest BCUT2D eigenvalue weighted by molar-refractivity contribution is -0.146. The van der Waals surface area contributed by atoms with Gasteiger partial charge in [0.2, 0.25) is 5.91 Å². The summed E-state index contributed by atoms with van der Waals surface area (Å²) < 4.78 is 5.35. The lowest BCUT2D eigenvalue weighted by atomic mass is 9.95. The molecule has 1 saturated heterocycles. The fourth-order valence-corrected chi connectivity index (χ4v) is 4.96. The SMILES string of the molecule is CC(=O)OC1C[C@@H]2C[C@@](C)(NCC(=O)N3CCC[C@H]3C#N)C[C@@H]2C1. The zero-order valence-corrected chi connectivity index (χ0v) is 14.6. The molecule has 132 valence electrons. The molecule has 0 spiro atoms. The Hall–Kier alpha value is -1.61. The van der Waals surface area contributed by atoms with Gasteiger partial charge in [-0.3, -0.25) is 9.59 Å². The average Bonchev–Trinajstić information content (AvgIpc) is 3.17. The minimum absolute atomic E-state index is 0.0337. The number of nitrogens with zero attached hydrogens (tertiary/aromatic N) is 2. The summed E-state index contributed by atoms with van der Waals surface area (Å²) in [5, 5.41) is 12.6. The molecular weight excluding hydrogens is 306 g/mol. The molecule has 2 aliphatic carbocycles. The third-order valence-corrected chi connectivity index (χ3v) is 5.94. The van der Waals surface area contributed by atoms with Crippen LogP contribution in [0.25, 0.3) is 0 Å². The van der Waals surface area contributed by atoms with Gasteiger partial charge in [-0.15, -0.1) is 0 Å². The van der Waals surface area contributed by atoms with Crippen molar-refractivity contribution in [2.45, 2.75) is 70.1 Å². The van der Waals surface area contributed by atoms with Crippen molar-refractivity contribution in [1.82, 2.24) is 10.2 Å². The Morgan fingerprint density at radius 3 is 2.58 bits per heavy atom. The Balaban J connectivity index is 1.48. The van der Waals surface area contributed by atoms with Crippen molar-refractivity contribution in [3.63, 3.8) is 0 Å². The molecule has 24 heavy (non-hydrogen) atoms. The van der Waals surface area contributed by atoms with E-state index in [1.165, 1.54) is 6.92 Å². The number of ether oxygens (including phenoxy) is 1. The third-order valence-electron chi connectivity index (χ3n) is 5.94. The van der Waals surface area contributed by atoms with Gasteiger partial charge < -0.3 is 15.0 Å². The van der Waals surface area contributed by atoms with Crippen LogP contribution in [0.1, 0.15) is 52.4 Å². The number of nitriles is 1. The summed E-state index contributed by atoms with van der Waals surface area (Å²) in [5.74, 6) is 0.987. The number of esters is 1. The number of fused-ring (bicyclic) bond motifs is 1. The second-order valence-corrected chi connectivity index (χ2v) is 7.92. The Labute approximate surface area is 143 Å². The van der Waals surface area contributed by atoms with E-state index in [0.717, 1.165) is 38.5 Å². The number of hydrogen-bond donors (Lipinski definition) is 1. The van der Waals surface area contributed by atoms with E-state index in [1.54, 1.807) is 4.90 Å². The predicted octanol–water partition coefficient (Wildman–Crippen LogP) is 1.60. The summed E-state index contributed by atoms with van der Waals surface area (Å²) in [5.41, 5.74) is -0.0337. The summed E-state index contributed by atoms with van der Waals surface area (Å²) in [7, 11) is 0. The Bertz CT molecular complexity index is 542. The van der Waals surface area contributed by atoms with Gasteiger partial charge in [-0.05, 0) is 57.3 Å². The van der Waals surface area contributed by atoms with Crippen molar-refractivity contribution in [2.75, 3.05) is 13.1 Å². The van der Waals surface area contributed by atoms with Gasteiger partial charge in [-0.2, -0.15) is 5.26 Å². The number of hydrogen-bond acceptors (Lipinski definition) is 5. The summed E-state index contributed by atoms with van der Waals surface area (Å²) in [4.78, 5) is 25.2. The molecule has 1 amide bonds. The standard InChI is InChI=1S/C18H27N3O3/c1-12(22)24-16-6-13-8-18(2,9-14(13)7-16)20-11-17(23)21-5-3-4-15(21)10-19/h13-16,20H,3-9,11H2,1-2H3/t13-,14+,15-,16?,18-/m0/s1. The van der Waals surface area contributed by atoms with E-state index in [4.69, 9.17) is 10.00 Å². The summed E-state index contributed by atoms with van der Waals surface area (Å²) in [6.07, 6.45) is 5.71. The van der Waals surface area contributed by atoms with Crippen LogP contribution < -0.4 is 5.32 Å². The molecule has 3 fully saturated rings. The van der Waals surface area contributed by atoms with Gasteiger partial charge in [-0.25, -0.2) is 0 Å². The topological polar surface area (TPSA) is 82.4 Å². The first-order valence-electron chi connectivity index (χ1n) is 9.01. The van der Waals surface area contributed by atoms with Crippen LogP contribution in [0.3, 0.4) is 0 Å². The molecule has 3 rings (SSSR count). The number of likely N-dealkylation sites (tertiary alicyclic amines) is 1. The van der Waals surface area contributed by atoms with Gasteiger partial charge in [0.05, 0.1) is 12.6 Å². The van der Waals surface area contributed by atoms with Crippen molar-refractivity contribution in [3.8, 4) is 6.07 Å². The Kier molecular flexibility index (Phi) is 4.82. The summed E-state index contributed by atoms with van der Waals surface area (Å²) in [6.45, 7) is 4.66. The zero-order chi connectivity index (χ0) is 17.3. The van der Waals surface area contributed by atoms with Crippen LogP contribution in [0.4, 0.5) is 0 Å². The van der Waals surface area contributed by atoms with Gasteiger partial charge in [0.25, 0.3) is 0 Å². The molecule has 1 aliphatic heterocycles. The minimum Gasteiger partial charge on any atom is -0.463 e. The molecule has 1 heterocycles. The van der Waals surface area contributed by atoms with Crippen molar-refractivity contribution >= 4 is 11.9 Å². The largest absolute Gasteiger partial charge is 0.463 e. The average molecular weight is 333 g/mol. The highest BCUT2D eigenvalue weighted by Crippen LogP contribution is 2.49. The highest BCUT2D eigenvalue weighted by Gasteiger charge is 2.48. The quantitative estimate of drug-likeness (QED) is 0.790. The van der Waals surface area contributed by atoms with E-state index in [9.17, 15) is 9.59 Å². The van der Waals surface area contributed by atoms with Crippen molar-refractivity contribution in [2.24, 2.45) is 11.8 Å². The van der Waals surface area contributed by atoms with Crippen molar-refractivity contribution < 1.29 is 14.3 Å². The highest BCUT2D eigenvalue weighted by molar-refractivity contribution is 5.79. The minimum atomic E-state index is -0.250. The number of nitrogens with one attached hydrogen (secondary N) is 1. The summed E-state index contributed by atoms with van der Waals surface area (Å²) in [6, 6.07) is 1.97. The smallest absolute Gasteiger partial charge is 0.302 e. The van der Waals surface area contributed by atoms with Crippen LogP contribution in [0.2, 0.25) is 0 Å². The van der Waals surface area contributed by atoms with E-state index < -0.39 is 0 Å². The molecule has 6 nitrogen and oxygen atoms in total. The van der Waals surface area contributed by atoms with Gasteiger partial charge in [0.1, 0.15) is 12.1 Å². The molecular formula is C18H27N3O3. The maximum atomic E-state index is 12.4. The van der Waals surface area contributed by atoms with Gasteiger partial charge in [-0.1, -0.05) is 0 Å². The monoisotopic (exact) mass is 333 g/mol. The molecule has 1 N–H and O–H groups in total. The first-order valence-corrected chi connectivity index (χ1v) is 9.01. The lowest BCUT2D eigenvalue weighted by Gasteiger charge is -2.29. The molecule has 6 heteroatoms. The van der Waals surface area contributed by atoms with Crippen LogP contribution in [0.15, 0.2) is 0 Å². The highest BCUT2D eigenvalue weighted by atomic mass is 16.5. The first-order chi connectivity index (χ1) is 11.4. The van der Waals surface area contributed by atoms with Gasteiger partial charge in [0.15, 0.2) is 0 Å². The van der Waals surface area contributed by atoms with Gasteiger partial charge >= 0.3 is 5.97 Å². The molecule has 0 bridgehead atoms. The Morgan fingerprint density at radius 2 is 2.00 bits per heavy atom. The molecule has 0 radical (unpaired) electrons. The van der Waals surface area contributed by atoms with E-state index in [0.29, 0.717) is 24.9 Å². The first kappa shape index (κ1) is 17.2. The van der Waals surface area contributed by atoms with Crippen LogP contribution in [-0.2, 0) is 14.3 Å². The van der Waals surface area contributed by atoms with Crippen LogP contribution >= 0.6 is 0 Å². The fraction of sp³-hybridized carbons (Fsp3) is 0.833.